The zero-order chi connectivity index (χ0) is 92.0. The van der Waals surface area contributed by atoms with E-state index in [-0.39, 0.29) is 0 Å². The van der Waals surface area contributed by atoms with Crippen LogP contribution in [0.1, 0.15) is 170 Å². The second-order valence-electron chi connectivity index (χ2n) is 27.8. The molecule has 5 amide bonds. The number of amides is 5. The van der Waals surface area contributed by atoms with Gasteiger partial charge >= 0.3 is 103 Å². The molecular weight excluding hydrogens is 1610 g/mol. The number of carboxylic acids is 5. The van der Waals surface area contributed by atoms with E-state index >= 15 is 0 Å². The first kappa shape index (κ1) is 118. The van der Waals surface area contributed by atoms with Gasteiger partial charge in [0.1, 0.15) is 59.1 Å². The van der Waals surface area contributed by atoms with Gasteiger partial charge < -0.3 is 87.3 Å². The van der Waals surface area contributed by atoms with Gasteiger partial charge in [-0.1, -0.05) is 48.5 Å². The van der Waals surface area contributed by atoms with E-state index in [1.54, 1.807) is 62.3 Å². The van der Waals surface area contributed by atoms with Gasteiger partial charge in [-0.05, 0) is 107 Å². The number of aliphatic carboxylic acids is 5. The SMILES string of the molecule is CC(=O)N[C@@H](C[C@@H](C)C(F)(F)F)C(=O)O.CC(=O)N[C@@H](C[C@H](C)C(F)(F)F)C(=O)O.CC(CC(NC(=O)OC(C)(C)C)C(=O)O)C(F)(F)F.COC(=O)[C@H](C[C@@H](C)C(F)(F)F)NC(=O)OC(C)(C)C.COC(=O)[C@H](C[C@H](C)C(F)(F)F)NC(=O)OC(C)(C)C.C[C@@H](C[C@H](N)C(=O)O)C(F)(F)F.C[C@H](C[C@H](N)C(=O)O)C(F)(F)F. The highest BCUT2D eigenvalue weighted by Gasteiger charge is 2.45. The molecule has 50 heteroatoms. The molecule has 0 bridgehead atoms. The molecule has 0 heterocycles. The van der Waals surface area contributed by atoms with Crippen molar-refractivity contribution in [3.05, 3.63) is 0 Å². The second-order valence-corrected chi connectivity index (χ2v) is 27.8. The number of carboxylic acid groups (broad SMARTS) is 5. The number of esters is 2. The monoisotopic (exact) mass is 1710 g/mol. The first-order valence-electron chi connectivity index (χ1n) is 32.6. The van der Waals surface area contributed by atoms with Gasteiger partial charge in [0.15, 0.2) is 0 Å². The van der Waals surface area contributed by atoms with Crippen LogP contribution in [-0.2, 0) is 66.8 Å². The molecule has 14 atom stereocenters. The Bertz CT molecular complexity index is 2780. The molecule has 0 aliphatic rings. The van der Waals surface area contributed by atoms with E-state index in [2.05, 4.69) is 20.1 Å². The van der Waals surface area contributed by atoms with E-state index in [4.69, 9.17) is 51.2 Å². The molecular formula is C63H102F21N7O22. The summed E-state index contributed by atoms with van der Waals surface area (Å²) in [6.45, 7) is 22.6. The van der Waals surface area contributed by atoms with Gasteiger partial charge in [-0.25, -0.2) is 38.4 Å². The first-order valence-corrected chi connectivity index (χ1v) is 32.6. The molecule has 2 unspecified atom stereocenters. The van der Waals surface area contributed by atoms with Crippen molar-refractivity contribution < 1.29 is 199 Å². The molecule has 0 saturated carbocycles. The molecule has 113 heavy (non-hydrogen) atoms. The summed E-state index contributed by atoms with van der Waals surface area (Å²) < 4.78 is 279. The standard InChI is InChI=1S/2C12H20F3NO4.C11H18F3NO4.2C8H12F3NO3.2C6H10F3NO2/c2*1-7(12(13,14)15)6-8(9(17)19-5)16-10(18)20-11(2,3)4;1-6(11(12,13)14)5-7(8(16)17)15-9(18)19-10(2,3)4;2*1-4(8(9,10)11)3-6(7(14)15)12-5(2)13;2*1-3(6(7,8)9)2-4(10)5(11)12/h2*7-8H,6H2,1-5H3,(H,16,18);6-7H,5H2,1-4H3,(H,15,18)(H,16,17);2*4,6H,3H2,1-2H3,(H,12,13)(H,14,15);2*3-4H,2,10H2,1H3,(H,11,12)/t7-,8+;7-,8-;;4-,6+;4-,6-;3-,4+;3-,4-/m10.1010/s1. The summed E-state index contributed by atoms with van der Waals surface area (Å²) in [6, 6.07) is -10.4. The Morgan fingerprint density at radius 3 is 0.566 bits per heavy atom. The van der Waals surface area contributed by atoms with Crippen LogP contribution in [0.15, 0.2) is 0 Å². The van der Waals surface area contributed by atoms with Crippen molar-refractivity contribution in [2.24, 2.45) is 52.9 Å². The first-order chi connectivity index (χ1) is 49.8. The van der Waals surface area contributed by atoms with Crippen LogP contribution in [0.2, 0.25) is 0 Å². The number of methoxy groups -OCH3 is 2. The Balaban J connectivity index is -0.000000234. The highest BCUT2D eigenvalue weighted by molar-refractivity contribution is 5.84. The molecule has 0 aromatic carbocycles. The highest BCUT2D eigenvalue weighted by atomic mass is 19.4. The Kier molecular flexibility index (Phi) is 52.8. The van der Waals surface area contributed by atoms with Crippen molar-refractivity contribution >= 4 is 71.9 Å². The Labute approximate surface area is 635 Å². The summed E-state index contributed by atoms with van der Waals surface area (Å²) in [5, 5.41) is 52.3. The maximum Gasteiger partial charge on any atom is 0.408 e. The molecule has 0 rings (SSSR count). The molecule has 0 aromatic rings. The number of nitrogens with two attached hydrogens (primary N) is 2. The minimum absolute atomic E-state index is 0.584. The fraction of sp³-hybridized carbons (Fsp3) is 0.810. The van der Waals surface area contributed by atoms with Crippen LogP contribution >= 0.6 is 0 Å². The second kappa shape index (κ2) is 50.7. The van der Waals surface area contributed by atoms with Gasteiger partial charge in [-0.3, -0.25) is 19.2 Å². The average molecular weight is 1710 g/mol. The van der Waals surface area contributed by atoms with Crippen molar-refractivity contribution in [3.63, 3.8) is 0 Å². The zero-order valence-electron chi connectivity index (χ0n) is 64.8. The van der Waals surface area contributed by atoms with Crippen LogP contribution in [-0.4, -0.2) is 214 Å². The number of ether oxygens (including phenoxy) is 5. The number of nitrogens with one attached hydrogen (secondary N) is 5. The van der Waals surface area contributed by atoms with Gasteiger partial charge in [-0.15, -0.1) is 0 Å². The molecule has 0 aromatic heterocycles. The van der Waals surface area contributed by atoms with Crippen LogP contribution in [0.3, 0.4) is 0 Å². The van der Waals surface area contributed by atoms with Crippen LogP contribution in [0.4, 0.5) is 107 Å². The van der Waals surface area contributed by atoms with Crippen LogP contribution in [0.5, 0.6) is 0 Å². The lowest BCUT2D eigenvalue weighted by atomic mass is 10.0. The summed E-state index contributed by atoms with van der Waals surface area (Å²) >= 11 is 0. The lowest BCUT2D eigenvalue weighted by molar-refractivity contribution is -0.175. The number of carbonyl (C=O) groups is 12. The maximum absolute atomic E-state index is 12.5. The zero-order valence-corrected chi connectivity index (χ0v) is 64.8. The van der Waals surface area contributed by atoms with Crippen LogP contribution < -0.4 is 38.1 Å². The molecule has 0 aliphatic carbocycles. The Morgan fingerprint density at radius 2 is 0.434 bits per heavy atom. The van der Waals surface area contributed by atoms with E-state index < -0.39 is 261 Å². The number of hydrogen-bond donors (Lipinski definition) is 12. The summed E-state index contributed by atoms with van der Waals surface area (Å²) in [4.78, 5) is 130. The highest BCUT2D eigenvalue weighted by Crippen LogP contribution is 2.35. The van der Waals surface area contributed by atoms with E-state index in [1.165, 1.54) is 0 Å². The van der Waals surface area contributed by atoms with Gasteiger partial charge in [-0.2, -0.15) is 92.2 Å². The summed E-state index contributed by atoms with van der Waals surface area (Å²) in [5.41, 5.74) is 7.33. The number of hydrogen-bond acceptors (Lipinski definition) is 19. The number of alkyl halides is 21. The number of alkyl carbamates (subject to hydrolysis) is 3. The fourth-order valence-electron chi connectivity index (χ4n) is 6.88. The summed E-state index contributed by atoms with van der Waals surface area (Å²) in [7, 11) is 2.06. The minimum atomic E-state index is -4.51. The topological polar surface area (TPSA) is 464 Å². The maximum atomic E-state index is 12.5. The summed E-state index contributed by atoms with van der Waals surface area (Å²) in [5.74, 6) is -22.8. The largest absolute Gasteiger partial charge is 0.480 e. The number of rotatable bonds is 26. The van der Waals surface area contributed by atoms with Crippen molar-refractivity contribution in [2.45, 2.75) is 272 Å². The number of halogens is 21. The Hall–Kier alpha value is -8.51. The third-order valence-corrected chi connectivity index (χ3v) is 13.4. The van der Waals surface area contributed by atoms with E-state index in [1.807, 2.05) is 16.0 Å². The summed E-state index contributed by atoms with van der Waals surface area (Å²) in [6.07, 6.45) is -38.6. The van der Waals surface area contributed by atoms with Crippen molar-refractivity contribution in [1.82, 2.24) is 26.6 Å². The molecule has 29 nitrogen and oxygen atoms in total. The Morgan fingerprint density at radius 1 is 0.283 bits per heavy atom. The molecule has 668 valence electrons. The van der Waals surface area contributed by atoms with Crippen LogP contribution in [0, 0.1) is 41.4 Å². The van der Waals surface area contributed by atoms with Gasteiger partial charge in [0.05, 0.1) is 55.6 Å². The predicted molar refractivity (Wildman–Crippen MR) is 352 cm³/mol. The lowest BCUT2D eigenvalue weighted by Gasteiger charge is -2.24. The predicted octanol–water partition coefficient (Wildman–Crippen LogP) is 12.1. The molecule has 0 saturated heterocycles. The smallest absolute Gasteiger partial charge is 0.408 e. The average Bonchev–Trinajstić information content (AvgIpc) is 0.886. The quantitative estimate of drug-likeness (QED) is 0.0217. The van der Waals surface area contributed by atoms with Gasteiger partial charge in [0.2, 0.25) is 11.8 Å². The van der Waals surface area contributed by atoms with E-state index in [0.717, 1.165) is 76.5 Å². The van der Waals surface area contributed by atoms with E-state index in [0.29, 0.717) is 0 Å². The molecule has 0 aliphatic heterocycles. The number of carbonyl (C=O) groups excluding carboxylic acids is 7. The van der Waals surface area contributed by atoms with Gasteiger partial charge in [0.25, 0.3) is 0 Å². The van der Waals surface area contributed by atoms with Crippen molar-refractivity contribution in [2.75, 3.05) is 14.2 Å². The third kappa shape index (κ3) is 64.6. The third-order valence-electron chi connectivity index (χ3n) is 13.4. The lowest BCUT2D eigenvalue weighted by Crippen LogP contribution is -2.46. The molecule has 0 spiro atoms. The molecule has 14 N–H and O–H groups in total. The fourth-order valence-corrected chi connectivity index (χ4v) is 6.88. The van der Waals surface area contributed by atoms with E-state index in [9.17, 15) is 150 Å². The molecule has 0 radical (unpaired) electrons. The van der Waals surface area contributed by atoms with Crippen LogP contribution in [0.25, 0.3) is 0 Å². The minimum Gasteiger partial charge on any atom is -0.480 e. The van der Waals surface area contributed by atoms with Gasteiger partial charge in [0, 0.05) is 13.8 Å². The van der Waals surface area contributed by atoms with Crippen molar-refractivity contribution in [3.8, 4) is 0 Å². The molecule has 0 fully saturated rings. The normalized spacial score (nSPS) is 15.7. The van der Waals surface area contributed by atoms with Crippen molar-refractivity contribution in [1.29, 1.82) is 0 Å².